The molecule has 1 saturated carbocycles. The average Bonchev–Trinajstić information content (AvgIpc) is 3.44. The number of nitrogens with one attached hydrogen (secondary N) is 3. The number of hydrogen-bond donors (Lipinski definition) is 3. The fraction of sp³-hybridized carbons (Fsp3) is 0.513. The highest BCUT2D eigenvalue weighted by Crippen LogP contribution is 2.45. The van der Waals surface area contributed by atoms with Crippen molar-refractivity contribution in [1.82, 2.24) is 29.5 Å². The summed E-state index contributed by atoms with van der Waals surface area (Å²) in [6.45, 7) is 8.00. The van der Waals surface area contributed by atoms with E-state index in [0.29, 0.717) is 18.7 Å². The number of fused-ring (bicyclic) bond motifs is 3. The van der Waals surface area contributed by atoms with Crippen LogP contribution in [0.1, 0.15) is 68.2 Å². The maximum atomic E-state index is 14.1. The summed E-state index contributed by atoms with van der Waals surface area (Å²) in [6.07, 6.45) is 2.64. The van der Waals surface area contributed by atoms with Gasteiger partial charge < -0.3 is 25.0 Å². The van der Waals surface area contributed by atoms with Crippen molar-refractivity contribution in [2.45, 2.75) is 89.7 Å². The summed E-state index contributed by atoms with van der Waals surface area (Å²) in [5.41, 5.74) is 2.04. The second-order valence-corrected chi connectivity index (χ2v) is 17.5. The van der Waals surface area contributed by atoms with Gasteiger partial charge in [-0.05, 0) is 53.4 Å². The van der Waals surface area contributed by atoms with E-state index in [-0.39, 0.29) is 38.0 Å². The van der Waals surface area contributed by atoms with Crippen LogP contribution in [0.2, 0.25) is 0 Å². The number of alkyl carbamates (subject to hydrolysis) is 1. The van der Waals surface area contributed by atoms with Gasteiger partial charge >= 0.3 is 22.4 Å². The van der Waals surface area contributed by atoms with Gasteiger partial charge in [0.25, 0.3) is 5.91 Å². The molecule has 4 aliphatic rings. The van der Waals surface area contributed by atoms with Gasteiger partial charge in [0.15, 0.2) is 0 Å². The van der Waals surface area contributed by atoms with E-state index in [9.17, 15) is 32.4 Å². The van der Waals surface area contributed by atoms with Crippen molar-refractivity contribution in [2.24, 2.45) is 11.3 Å². The first-order valence-electron chi connectivity index (χ1n) is 18.6. The number of benzene rings is 2. The maximum Gasteiger partial charge on any atom is 0.410 e. The molecular formula is C39H50N6O9S. The molecule has 0 aromatic heterocycles. The van der Waals surface area contributed by atoms with E-state index >= 15 is 0 Å². The lowest BCUT2D eigenvalue weighted by molar-refractivity contribution is -0.139. The van der Waals surface area contributed by atoms with Crippen molar-refractivity contribution >= 4 is 40.1 Å². The number of nitrogens with zero attached hydrogens (tertiary/aromatic N) is 3. The van der Waals surface area contributed by atoms with E-state index in [1.807, 2.05) is 26.0 Å². The Bertz CT molecular complexity index is 1940. The number of cyclic esters (lactones) is 1. The Kier molecular flexibility index (Phi) is 11.6. The number of rotatable bonds is 8. The molecule has 55 heavy (non-hydrogen) atoms. The van der Waals surface area contributed by atoms with Crippen molar-refractivity contribution in [3.63, 3.8) is 0 Å². The van der Waals surface area contributed by atoms with Gasteiger partial charge in [-0.1, -0.05) is 74.9 Å². The van der Waals surface area contributed by atoms with Crippen LogP contribution in [0.3, 0.4) is 0 Å². The quantitative estimate of drug-likeness (QED) is 0.339. The van der Waals surface area contributed by atoms with Crippen LogP contribution in [-0.4, -0.2) is 96.9 Å². The molecule has 3 aliphatic heterocycles. The van der Waals surface area contributed by atoms with Crippen LogP contribution in [-0.2, 0) is 60.1 Å². The summed E-state index contributed by atoms with van der Waals surface area (Å²) in [6, 6.07) is 13.7. The van der Waals surface area contributed by atoms with Crippen LogP contribution in [0.25, 0.3) is 0 Å². The Morgan fingerprint density at radius 3 is 2.53 bits per heavy atom. The number of carbonyl (C=O) groups is 5. The van der Waals surface area contributed by atoms with E-state index in [1.54, 1.807) is 35.2 Å². The van der Waals surface area contributed by atoms with Crippen LogP contribution in [0.5, 0.6) is 0 Å². The molecule has 2 aromatic rings. The topological polar surface area (TPSA) is 184 Å². The maximum absolute atomic E-state index is 14.1. The molecule has 16 heteroatoms. The third-order valence-corrected chi connectivity index (χ3v) is 12.3. The molecule has 296 valence electrons. The molecule has 5 amide bonds. The van der Waals surface area contributed by atoms with Crippen molar-refractivity contribution in [2.75, 3.05) is 26.7 Å². The average molecular weight is 779 g/mol. The molecule has 2 aromatic carbocycles. The third-order valence-electron chi connectivity index (χ3n) is 10.9. The Hall–Kier alpha value is -4.96. The normalized spacial score (nSPS) is 25.7. The molecule has 15 nitrogen and oxygen atoms in total. The number of ether oxygens (including phenoxy) is 2. The molecular weight excluding hydrogens is 729 g/mol. The van der Waals surface area contributed by atoms with Crippen LogP contribution >= 0.6 is 0 Å². The van der Waals surface area contributed by atoms with E-state index < -0.39 is 70.3 Å². The van der Waals surface area contributed by atoms with Gasteiger partial charge in [0.1, 0.15) is 24.2 Å². The molecule has 0 unspecified atom stereocenters. The second-order valence-electron chi connectivity index (χ2n) is 15.7. The van der Waals surface area contributed by atoms with Gasteiger partial charge in [-0.3, -0.25) is 19.3 Å². The number of hydrogen-bond acceptors (Lipinski definition) is 9. The van der Waals surface area contributed by atoms with Crippen LogP contribution < -0.4 is 15.4 Å². The Balaban J connectivity index is 1.19. The summed E-state index contributed by atoms with van der Waals surface area (Å²) >= 11 is 0. The molecule has 3 N–H and O–H groups in total. The van der Waals surface area contributed by atoms with Gasteiger partial charge in [-0.2, -0.15) is 12.7 Å². The zero-order chi connectivity index (χ0) is 39.5. The monoisotopic (exact) mass is 778 g/mol. The van der Waals surface area contributed by atoms with E-state index in [4.69, 9.17) is 9.47 Å². The minimum atomic E-state index is -4.32. The summed E-state index contributed by atoms with van der Waals surface area (Å²) in [5, 5.41) is 5.18. The lowest BCUT2D eigenvalue weighted by Crippen LogP contribution is -2.57. The number of amides is 5. The highest BCUT2D eigenvalue weighted by atomic mass is 32.2. The second kappa shape index (κ2) is 16.0. The molecule has 2 fully saturated rings. The first-order valence-corrected chi connectivity index (χ1v) is 20.1. The first kappa shape index (κ1) is 39.7. The van der Waals surface area contributed by atoms with E-state index in [0.717, 1.165) is 46.7 Å². The number of aryl methyl sites for hydroxylation is 1. The van der Waals surface area contributed by atoms with Crippen molar-refractivity contribution in [1.29, 1.82) is 0 Å². The van der Waals surface area contributed by atoms with Crippen LogP contribution in [0.4, 0.5) is 9.59 Å². The lowest BCUT2D eigenvalue weighted by Gasteiger charge is -2.27. The fourth-order valence-corrected chi connectivity index (χ4v) is 8.47. The smallest absolute Gasteiger partial charge is 0.410 e. The lowest BCUT2D eigenvalue weighted by atomic mass is 9.87. The molecule has 4 atom stereocenters. The van der Waals surface area contributed by atoms with Gasteiger partial charge in [0.05, 0.1) is 13.2 Å². The summed E-state index contributed by atoms with van der Waals surface area (Å²) < 4.78 is 40.9. The van der Waals surface area contributed by atoms with Crippen molar-refractivity contribution < 1.29 is 41.9 Å². The highest BCUT2D eigenvalue weighted by molar-refractivity contribution is 7.87. The summed E-state index contributed by atoms with van der Waals surface area (Å²) in [4.78, 5) is 70.4. The largest absolute Gasteiger partial charge is 0.449 e. The van der Waals surface area contributed by atoms with Gasteiger partial charge in [-0.25, -0.2) is 14.3 Å². The Morgan fingerprint density at radius 1 is 1.05 bits per heavy atom. The molecule has 1 saturated heterocycles. The molecule has 3 heterocycles. The number of carbonyl (C=O) groups excluding carboxylic acids is 5. The first-order chi connectivity index (χ1) is 26.1. The molecule has 4 bridgehead atoms. The fourth-order valence-electron chi connectivity index (χ4n) is 7.58. The SMILES string of the molecule is C=C[C@@H]1C[C@@]1(NC(=O)[C@@H]1C[C@@H]2CN1C(=O)CNC(=O)OCC(C)(C)CCCCc1cccc3c1CN(C3)C(=O)O2)C(=O)NS(=O)(=O)N(C)Cc1ccccc1. The zero-order valence-corrected chi connectivity index (χ0v) is 32.4. The van der Waals surface area contributed by atoms with Gasteiger partial charge in [0, 0.05) is 39.0 Å². The van der Waals surface area contributed by atoms with Crippen molar-refractivity contribution in [3.8, 4) is 0 Å². The van der Waals surface area contributed by atoms with Gasteiger partial charge in [0.2, 0.25) is 11.8 Å². The predicted molar refractivity (Wildman–Crippen MR) is 201 cm³/mol. The zero-order valence-electron chi connectivity index (χ0n) is 31.5. The molecule has 0 radical (unpaired) electrons. The van der Waals surface area contributed by atoms with Crippen molar-refractivity contribution in [3.05, 3.63) is 83.4 Å². The van der Waals surface area contributed by atoms with E-state index in [1.165, 1.54) is 18.0 Å². The minimum absolute atomic E-state index is 0.00300. The molecule has 6 rings (SSSR count). The standard InChI is InChI=1S/C39H50N6O9S/c1-5-29-19-39(29,35(48)42-55(51,52)43(4)21-26-12-7-6-8-13-26)41-34(47)32-18-30-23-45(32)33(46)20-40-36(49)53-25-38(2,3)17-10-9-14-27-15-11-16-28-22-44(24-31(27)28)37(50)54-30/h5-8,11-13,15-16,29-30,32H,1,9-10,14,17-25H2,2-4H3,(H,40,49)(H,41,47)(H,42,48)/t29-,30-,32+,39+/m1/s1. The summed E-state index contributed by atoms with van der Waals surface area (Å²) in [7, 11) is -3.00. The van der Waals surface area contributed by atoms with E-state index in [2.05, 4.69) is 28.0 Å². The van der Waals surface area contributed by atoms with Gasteiger partial charge in [-0.15, -0.1) is 6.58 Å². The summed E-state index contributed by atoms with van der Waals surface area (Å²) in [5.74, 6) is -2.93. The molecule has 1 aliphatic carbocycles. The highest BCUT2D eigenvalue weighted by Gasteiger charge is 2.61. The van der Waals surface area contributed by atoms with Crippen LogP contribution in [0, 0.1) is 11.3 Å². The Labute approximate surface area is 321 Å². The Morgan fingerprint density at radius 2 is 1.80 bits per heavy atom. The minimum Gasteiger partial charge on any atom is -0.449 e. The molecule has 0 spiro atoms. The third kappa shape index (κ3) is 9.13. The van der Waals surface area contributed by atoms with Crippen LogP contribution in [0.15, 0.2) is 61.2 Å². The predicted octanol–water partition coefficient (Wildman–Crippen LogP) is 3.14.